The van der Waals surface area contributed by atoms with Crippen molar-refractivity contribution in [2.75, 3.05) is 39.3 Å². The van der Waals surface area contributed by atoms with Crippen molar-refractivity contribution in [2.24, 2.45) is 0 Å². The molecule has 1 amide bonds. The van der Waals surface area contributed by atoms with Gasteiger partial charge in [-0.25, -0.2) is 0 Å². The maximum atomic E-state index is 12.5. The predicted octanol–water partition coefficient (Wildman–Crippen LogP) is 2.31. The molecule has 0 bridgehead atoms. The molecule has 6 heteroatoms. The maximum Gasteiger partial charge on any atom is 0.230 e. The minimum absolute atomic E-state index is 0. The average Bonchev–Trinajstić information content (AvgIpc) is 3.34. The summed E-state index contributed by atoms with van der Waals surface area (Å²) in [4.78, 5) is 15.0. The minimum Gasteiger partial charge on any atom is -0.355 e. The number of piperazine rings is 1. The SMILES string of the molecule is Cl.O=C(NCCCN1CCNCC1)C1(c2cccc(Br)c2)CC1. The molecule has 1 saturated carbocycles. The van der Waals surface area contributed by atoms with Crippen LogP contribution in [0.1, 0.15) is 24.8 Å². The van der Waals surface area contributed by atoms with Crippen molar-refractivity contribution in [1.82, 2.24) is 15.5 Å². The second-order valence-corrected chi connectivity index (χ2v) is 7.21. The number of carbonyl (C=O) groups is 1. The number of nitrogens with one attached hydrogen (secondary N) is 2. The van der Waals surface area contributed by atoms with Crippen molar-refractivity contribution in [2.45, 2.75) is 24.7 Å². The second kappa shape index (κ2) is 8.47. The molecule has 2 aliphatic rings. The van der Waals surface area contributed by atoms with Crippen LogP contribution in [0.3, 0.4) is 0 Å². The minimum atomic E-state index is -0.265. The summed E-state index contributed by atoms with van der Waals surface area (Å²) in [5.41, 5.74) is 0.875. The van der Waals surface area contributed by atoms with Gasteiger partial charge in [0.05, 0.1) is 5.41 Å². The van der Waals surface area contributed by atoms with E-state index in [9.17, 15) is 4.79 Å². The van der Waals surface area contributed by atoms with Crippen LogP contribution in [-0.4, -0.2) is 50.1 Å². The zero-order chi connectivity index (χ0) is 15.4. The molecular formula is C17H25BrClN3O. The molecule has 1 aliphatic heterocycles. The van der Waals surface area contributed by atoms with Gasteiger partial charge >= 0.3 is 0 Å². The number of amides is 1. The summed E-state index contributed by atoms with van der Waals surface area (Å²) >= 11 is 3.50. The highest BCUT2D eigenvalue weighted by Gasteiger charge is 2.51. The van der Waals surface area contributed by atoms with Crippen LogP contribution in [0.15, 0.2) is 28.7 Å². The summed E-state index contributed by atoms with van der Waals surface area (Å²) in [6.45, 7) is 6.26. The number of carbonyl (C=O) groups excluding carboxylic acids is 1. The first-order valence-electron chi connectivity index (χ1n) is 8.18. The fraction of sp³-hybridized carbons (Fsp3) is 0.588. The number of hydrogen-bond acceptors (Lipinski definition) is 3. The summed E-state index contributed by atoms with van der Waals surface area (Å²) in [5, 5.41) is 6.51. The van der Waals surface area contributed by atoms with Gasteiger partial charge in [-0.2, -0.15) is 0 Å². The number of hydrogen-bond donors (Lipinski definition) is 2. The quantitative estimate of drug-likeness (QED) is 0.718. The molecule has 3 rings (SSSR count). The Morgan fingerprint density at radius 3 is 2.70 bits per heavy atom. The fourth-order valence-electron chi connectivity index (χ4n) is 3.17. The van der Waals surface area contributed by atoms with Gasteiger partial charge < -0.3 is 15.5 Å². The lowest BCUT2D eigenvalue weighted by Gasteiger charge is -2.27. The van der Waals surface area contributed by atoms with Gasteiger partial charge in [0, 0.05) is 37.2 Å². The summed E-state index contributed by atoms with van der Waals surface area (Å²) in [7, 11) is 0. The molecule has 1 aromatic rings. The Hall–Kier alpha value is -0.620. The van der Waals surface area contributed by atoms with Crippen molar-refractivity contribution >= 4 is 34.2 Å². The number of rotatable bonds is 6. The van der Waals surface area contributed by atoms with Gasteiger partial charge in [-0.3, -0.25) is 4.79 Å². The van der Waals surface area contributed by atoms with Gasteiger partial charge in [-0.1, -0.05) is 28.1 Å². The molecule has 0 unspecified atom stereocenters. The maximum absolute atomic E-state index is 12.5. The Labute approximate surface area is 152 Å². The van der Waals surface area contributed by atoms with E-state index < -0.39 is 0 Å². The smallest absolute Gasteiger partial charge is 0.230 e. The van der Waals surface area contributed by atoms with Crippen LogP contribution < -0.4 is 10.6 Å². The molecule has 128 valence electrons. The fourth-order valence-corrected chi connectivity index (χ4v) is 3.57. The van der Waals surface area contributed by atoms with Crippen molar-refractivity contribution in [3.63, 3.8) is 0 Å². The zero-order valence-corrected chi connectivity index (χ0v) is 15.7. The Balaban J connectivity index is 0.00000192. The van der Waals surface area contributed by atoms with Crippen LogP contribution in [-0.2, 0) is 10.2 Å². The van der Waals surface area contributed by atoms with E-state index in [1.165, 1.54) is 0 Å². The van der Waals surface area contributed by atoms with E-state index in [0.717, 1.165) is 68.6 Å². The standard InChI is InChI=1S/C17H24BrN3O.ClH/c18-15-4-1-3-14(13-15)17(5-6-17)16(22)20-7-2-10-21-11-8-19-9-12-21;/h1,3-4,13,19H,2,5-12H2,(H,20,22);1H. The van der Waals surface area contributed by atoms with E-state index in [2.05, 4.69) is 43.6 Å². The van der Waals surface area contributed by atoms with Crippen molar-refractivity contribution in [3.05, 3.63) is 34.3 Å². The topological polar surface area (TPSA) is 44.4 Å². The molecule has 0 spiro atoms. The van der Waals surface area contributed by atoms with E-state index in [-0.39, 0.29) is 23.7 Å². The Kier molecular flexibility index (Phi) is 6.89. The highest BCUT2D eigenvalue weighted by atomic mass is 79.9. The number of halogens is 2. The largest absolute Gasteiger partial charge is 0.355 e. The molecule has 2 fully saturated rings. The predicted molar refractivity (Wildman–Crippen MR) is 99.2 cm³/mol. The molecule has 0 atom stereocenters. The first-order valence-corrected chi connectivity index (χ1v) is 8.97. The first kappa shape index (κ1) is 18.7. The molecule has 2 N–H and O–H groups in total. The van der Waals surface area contributed by atoms with Gasteiger partial charge in [-0.15, -0.1) is 12.4 Å². The third-order valence-corrected chi connectivity index (χ3v) is 5.20. The average molecular weight is 403 g/mol. The van der Waals surface area contributed by atoms with Gasteiger partial charge in [0.2, 0.25) is 5.91 Å². The van der Waals surface area contributed by atoms with Crippen molar-refractivity contribution in [3.8, 4) is 0 Å². The summed E-state index contributed by atoms with van der Waals surface area (Å²) in [5.74, 6) is 0.200. The Morgan fingerprint density at radius 1 is 1.30 bits per heavy atom. The third-order valence-electron chi connectivity index (χ3n) is 4.71. The molecule has 1 heterocycles. The van der Waals surface area contributed by atoms with Crippen LogP contribution in [0.25, 0.3) is 0 Å². The van der Waals surface area contributed by atoms with Gasteiger partial charge in [0.25, 0.3) is 0 Å². The Bertz CT molecular complexity index is 530. The van der Waals surface area contributed by atoms with E-state index >= 15 is 0 Å². The van der Waals surface area contributed by atoms with Gasteiger partial charge in [0.15, 0.2) is 0 Å². The van der Waals surface area contributed by atoms with Gasteiger partial charge in [0.1, 0.15) is 0 Å². The lowest BCUT2D eigenvalue weighted by atomic mass is 9.95. The Morgan fingerprint density at radius 2 is 2.04 bits per heavy atom. The van der Waals surface area contributed by atoms with Crippen LogP contribution in [0.5, 0.6) is 0 Å². The molecule has 1 saturated heterocycles. The van der Waals surface area contributed by atoms with E-state index in [1.54, 1.807) is 0 Å². The zero-order valence-electron chi connectivity index (χ0n) is 13.3. The lowest BCUT2D eigenvalue weighted by Crippen LogP contribution is -2.44. The summed E-state index contributed by atoms with van der Waals surface area (Å²) in [6.07, 6.45) is 2.96. The highest BCUT2D eigenvalue weighted by molar-refractivity contribution is 9.10. The summed E-state index contributed by atoms with van der Waals surface area (Å²) < 4.78 is 1.04. The first-order chi connectivity index (χ1) is 10.7. The van der Waals surface area contributed by atoms with Crippen LogP contribution in [0.4, 0.5) is 0 Å². The van der Waals surface area contributed by atoms with Crippen molar-refractivity contribution in [1.29, 1.82) is 0 Å². The third kappa shape index (κ3) is 4.69. The number of nitrogens with zero attached hydrogens (tertiary/aromatic N) is 1. The summed E-state index contributed by atoms with van der Waals surface area (Å²) in [6, 6.07) is 8.16. The van der Waals surface area contributed by atoms with Crippen LogP contribution >= 0.6 is 28.3 Å². The normalized spacial score (nSPS) is 19.7. The molecule has 0 radical (unpaired) electrons. The molecule has 1 aliphatic carbocycles. The highest BCUT2D eigenvalue weighted by Crippen LogP contribution is 2.48. The van der Waals surface area contributed by atoms with E-state index in [0.29, 0.717) is 0 Å². The molecule has 23 heavy (non-hydrogen) atoms. The van der Waals surface area contributed by atoms with Crippen molar-refractivity contribution < 1.29 is 4.79 Å². The monoisotopic (exact) mass is 401 g/mol. The molecule has 4 nitrogen and oxygen atoms in total. The van der Waals surface area contributed by atoms with E-state index in [4.69, 9.17) is 0 Å². The second-order valence-electron chi connectivity index (χ2n) is 6.29. The number of benzene rings is 1. The lowest BCUT2D eigenvalue weighted by molar-refractivity contribution is -0.123. The van der Waals surface area contributed by atoms with Crippen LogP contribution in [0, 0.1) is 0 Å². The van der Waals surface area contributed by atoms with Crippen LogP contribution in [0.2, 0.25) is 0 Å². The molecule has 0 aromatic heterocycles. The van der Waals surface area contributed by atoms with Gasteiger partial charge in [-0.05, 0) is 43.5 Å². The van der Waals surface area contributed by atoms with E-state index in [1.807, 2.05) is 12.1 Å². The molecular weight excluding hydrogens is 378 g/mol. The molecule has 1 aromatic carbocycles.